The largest absolute Gasteiger partial charge is 0.530 e. The molecule has 4 nitrogen and oxygen atoms in total. The van der Waals surface area contributed by atoms with Gasteiger partial charge in [-0.1, -0.05) is 48.5 Å². The highest BCUT2D eigenvalue weighted by Gasteiger charge is 2.41. The highest BCUT2D eigenvalue weighted by Crippen LogP contribution is 2.39. The predicted octanol–water partition coefficient (Wildman–Crippen LogP) is 5.81. The molecule has 0 saturated carbocycles. The molecule has 0 unspecified atom stereocenters. The Bertz CT molecular complexity index is 573. The van der Waals surface area contributed by atoms with Gasteiger partial charge >= 0.3 is 6.01 Å². The lowest BCUT2D eigenvalue weighted by molar-refractivity contribution is 0.429. The lowest BCUT2D eigenvalue weighted by atomic mass is 10.2. The van der Waals surface area contributed by atoms with Gasteiger partial charge in [0.15, 0.2) is 0 Å². The van der Waals surface area contributed by atoms with E-state index in [2.05, 4.69) is 84.6 Å². The van der Waals surface area contributed by atoms with E-state index < -0.39 is 16.6 Å². The highest BCUT2D eigenvalue weighted by molar-refractivity contribution is 6.75. The van der Waals surface area contributed by atoms with Crippen molar-refractivity contribution in [2.24, 2.45) is 0 Å². The van der Waals surface area contributed by atoms with Gasteiger partial charge in [-0.2, -0.15) is 4.98 Å². The van der Waals surface area contributed by atoms with Crippen LogP contribution in [0.4, 0.5) is 0 Å². The van der Waals surface area contributed by atoms with Gasteiger partial charge in [-0.25, -0.2) is 4.98 Å². The standard InChI is InChI=1S/C18H36N2O2Si2/c1-12-14-13-19-16(22-24(10,11)18(5,6)7)20-15(14)21-23(8,9)17(2,3)4/h13H,12H2,1-11H3. The van der Waals surface area contributed by atoms with Crippen molar-refractivity contribution in [3.63, 3.8) is 0 Å². The number of aromatic nitrogens is 2. The zero-order chi connectivity index (χ0) is 19.0. The molecule has 6 heteroatoms. The first kappa shape index (κ1) is 21.2. The van der Waals surface area contributed by atoms with Gasteiger partial charge in [-0.05, 0) is 42.7 Å². The number of hydrogen-bond acceptors (Lipinski definition) is 4. The summed E-state index contributed by atoms with van der Waals surface area (Å²) in [5.41, 5.74) is 1.04. The van der Waals surface area contributed by atoms with Crippen LogP contribution in [0.5, 0.6) is 11.9 Å². The maximum absolute atomic E-state index is 6.45. The van der Waals surface area contributed by atoms with E-state index in [1.807, 2.05) is 6.20 Å². The van der Waals surface area contributed by atoms with Gasteiger partial charge in [0.2, 0.25) is 5.88 Å². The second kappa shape index (κ2) is 6.79. The Morgan fingerprint density at radius 2 is 1.33 bits per heavy atom. The van der Waals surface area contributed by atoms with E-state index in [-0.39, 0.29) is 10.1 Å². The third kappa shape index (κ3) is 4.82. The van der Waals surface area contributed by atoms with Crippen LogP contribution in [0, 0.1) is 0 Å². The van der Waals surface area contributed by atoms with Crippen LogP contribution >= 0.6 is 0 Å². The summed E-state index contributed by atoms with van der Waals surface area (Å²) < 4.78 is 12.7. The fourth-order valence-corrected chi connectivity index (χ4v) is 3.36. The Kier molecular flexibility index (Phi) is 5.98. The normalized spacial score (nSPS) is 13.8. The number of rotatable bonds is 5. The SMILES string of the molecule is CCc1cnc(O[Si](C)(C)C(C)(C)C)nc1O[Si](C)(C)C(C)(C)C. The molecule has 138 valence electrons. The van der Waals surface area contributed by atoms with Crippen molar-refractivity contribution in [3.8, 4) is 11.9 Å². The molecule has 0 aliphatic heterocycles. The minimum atomic E-state index is -1.96. The van der Waals surface area contributed by atoms with Gasteiger partial charge in [0.05, 0.1) is 0 Å². The third-order valence-electron chi connectivity index (χ3n) is 5.49. The monoisotopic (exact) mass is 368 g/mol. The lowest BCUT2D eigenvalue weighted by Crippen LogP contribution is -2.45. The van der Waals surface area contributed by atoms with E-state index in [1.165, 1.54) is 0 Å². The Morgan fingerprint density at radius 1 is 0.875 bits per heavy atom. The Hall–Kier alpha value is -0.886. The van der Waals surface area contributed by atoms with Crippen molar-refractivity contribution in [2.45, 2.75) is 91.2 Å². The molecule has 1 heterocycles. The average Bonchev–Trinajstić information content (AvgIpc) is 2.35. The fourth-order valence-electron chi connectivity index (χ4n) is 1.53. The molecule has 1 aromatic heterocycles. The van der Waals surface area contributed by atoms with Crippen molar-refractivity contribution < 1.29 is 8.85 Å². The Morgan fingerprint density at radius 3 is 1.75 bits per heavy atom. The topological polar surface area (TPSA) is 44.2 Å². The van der Waals surface area contributed by atoms with Crippen molar-refractivity contribution in [2.75, 3.05) is 0 Å². The second-order valence-electron chi connectivity index (χ2n) is 9.56. The van der Waals surface area contributed by atoms with E-state index in [0.717, 1.165) is 12.0 Å². The van der Waals surface area contributed by atoms with Gasteiger partial charge < -0.3 is 8.85 Å². The van der Waals surface area contributed by atoms with E-state index in [9.17, 15) is 0 Å². The molecule has 1 rings (SSSR count). The maximum Gasteiger partial charge on any atom is 0.305 e. The zero-order valence-corrected chi connectivity index (χ0v) is 19.5. The van der Waals surface area contributed by atoms with Crippen LogP contribution in [-0.4, -0.2) is 26.6 Å². The summed E-state index contributed by atoms with van der Waals surface area (Å²) in [7, 11) is -3.91. The maximum atomic E-state index is 6.45. The molecule has 0 aliphatic carbocycles. The van der Waals surface area contributed by atoms with Gasteiger partial charge in [0.25, 0.3) is 16.6 Å². The second-order valence-corrected chi connectivity index (χ2v) is 19.0. The first-order chi connectivity index (χ1) is 10.6. The zero-order valence-electron chi connectivity index (χ0n) is 17.5. The number of nitrogens with zero attached hydrogens (tertiary/aromatic N) is 2. The molecule has 24 heavy (non-hydrogen) atoms. The molecule has 0 aromatic carbocycles. The van der Waals surface area contributed by atoms with E-state index in [0.29, 0.717) is 11.9 Å². The number of hydrogen-bond donors (Lipinski definition) is 0. The molecule has 0 aliphatic rings. The molecule has 1 aromatic rings. The summed E-state index contributed by atoms with van der Waals surface area (Å²) in [6, 6.07) is 0.451. The van der Waals surface area contributed by atoms with Crippen LogP contribution in [0.25, 0.3) is 0 Å². The van der Waals surface area contributed by atoms with Crippen LogP contribution in [0.1, 0.15) is 54.0 Å². The van der Waals surface area contributed by atoms with Crippen LogP contribution in [-0.2, 0) is 6.42 Å². The van der Waals surface area contributed by atoms with Gasteiger partial charge in [0.1, 0.15) is 0 Å². The average molecular weight is 369 g/mol. The van der Waals surface area contributed by atoms with Crippen LogP contribution in [0.15, 0.2) is 6.20 Å². The smallest absolute Gasteiger partial charge is 0.305 e. The van der Waals surface area contributed by atoms with Crippen LogP contribution in [0.3, 0.4) is 0 Å². The summed E-state index contributed by atoms with van der Waals surface area (Å²) in [6.07, 6.45) is 2.71. The van der Waals surface area contributed by atoms with Crippen LogP contribution in [0.2, 0.25) is 36.3 Å². The molecule has 0 atom stereocenters. The molecular formula is C18H36N2O2Si2. The molecule has 0 amide bonds. The highest BCUT2D eigenvalue weighted by atomic mass is 28.4. The minimum absolute atomic E-state index is 0.111. The van der Waals surface area contributed by atoms with Crippen molar-refractivity contribution in [1.29, 1.82) is 0 Å². The first-order valence-electron chi connectivity index (χ1n) is 8.84. The molecule has 0 radical (unpaired) electrons. The molecule has 0 spiro atoms. The first-order valence-corrected chi connectivity index (χ1v) is 14.7. The Labute approximate surface area is 150 Å². The van der Waals surface area contributed by atoms with Crippen molar-refractivity contribution in [3.05, 3.63) is 11.8 Å². The molecule has 0 fully saturated rings. The summed E-state index contributed by atoms with van der Waals surface area (Å²) in [5, 5.41) is 0.240. The van der Waals surface area contributed by atoms with Crippen LogP contribution < -0.4 is 8.85 Å². The summed E-state index contributed by atoms with van der Waals surface area (Å²) in [5.74, 6) is 0.702. The number of aryl methyl sites for hydroxylation is 1. The van der Waals surface area contributed by atoms with Gasteiger partial charge in [-0.15, -0.1) is 0 Å². The molecular weight excluding hydrogens is 332 g/mol. The van der Waals surface area contributed by atoms with E-state index >= 15 is 0 Å². The van der Waals surface area contributed by atoms with E-state index in [1.54, 1.807) is 0 Å². The molecule has 0 bridgehead atoms. The van der Waals surface area contributed by atoms with Crippen molar-refractivity contribution >= 4 is 16.6 Å². The Balaban J connectivity index is 3.19. The lowest BCUT2D eigenvalue weighted by Gasteiger charge is -2.37. The predicted molar refractivity (Wildman–Crippen MR) is 107 cm³/mol. The molecule has 0 N–H and O–H groups in total. The minimum Gasteiger partial charge on any atom is -0.530 e. The third-order valence-corrected chi connectivity index (χ3v) is 14.1. The summed E-state index contributed by atoms with van der Waals surface area (Å²) >= 11 is 0. The molecule has 0 saturated heterocycles. The quantitative estimate of drug-likeness (QED) is 0.615. The van der Waals surface area contributed by atoms with Gasteiger partial charge in [-0.3, -0.25) is 0 Å². The van der Waals surface area contributed by atoms with Crippen molar-refractivity contribution in [1.82, 2.24) is 9.97 Å². The van der Waals surface area contributed by atoms with E-state index in [4.69, 9.17) is 8.85 Å². The van der Waals surface area contributed by atoms with Gasteiger partial charge in [0, 0.05) is 11.8 Å². The summed E-state index contributed by atoms with van der Waals surface area (Å²) in [4.78, 5) is 9.09. The fraction of sp³-hybridized carbons (Fsp3) is 0.778. The summed E-state index contributed by atoms with van der Waals surface area (Å²) in [6.45, 7) is 24.3.